The molecule has 0 atom stereocenters. The number of nitrogens with zero attached hydrogens (tertiary/aromatic N) is 1. The van der Waals surface area contributed by atoms with E-state index in [0.29, 0.717) is 32.4 Å². The molecule has 0 fully saturated rings. The highest BCUT2D eigenvalue weighted by Crippen LogP contribution is 2.29. The van der Waals surface area contributed by atoms with Crippen molar-refractivity contribution in [2.45, 2.75) is 6.54 Å². The fourth-order valence-corrected chi connectivity index (χ4v) is 3.47. The fraction of sp³-hybridized carbons (Fsp3) is 0.125. The van der Waals surface area contributed by atoms with E-state index in [1.807, 2.05) is 0 Å². The van der Waals surface area contributed by atoms with E-state index >= 15 is 0 Å². The third-order valence-electron chi connectivity index (χ3n) is 3.22. The standard InChI is InChI=1S/C16H12Cl3N3O4S/c17-9-5-11(18)10(12(19)6-9)7-20-16(24)27-8-15(23)21-13-3-1-2-4-14(13)22(25)26/h1-6H,7-8H2,(H,20,24)(H,21,23). The smallest absolute Gasteiger partial charge is 0.292 e. The molecule has 2 aromatic rings. The van der Waals surface area contributed by atoms with Crippen LogP contribution in [0.5, 0.6) is 0 Å². The zero-order chi connectivity index (χ0) is 20.0. The van der Waals surface area contributed by atoms with E-state index in [2.05, 4.69) is 10.6 Å². The minimum Gasteiger partial charge on any atom is -0.343 e. The number of thioether (sulfide) groups is 1. The van der Waals surface area contributed by atoms with E-state index < -0.39 is 16.1 Å². The Morgan fingerprint density at radius 3 is 2.37 bits per heavy atom. The molecule has 0 unspecified atom stereocenters. The van der Waals surface area contributed by atoms with Gasteiger partial charge in [0, 0.05) is 33.2 Å². The minimum absolute atomic E-state index is 0.0619. The molecule has 0 bridgehead atoms. The van der Waals surface area contributed by atoms with Crippen molar-refractivity contribution < 1.29 is 14.5 Å². The topological polar surface area (TPSA) is 101 Å². The number of anilines is 1. The molecule has 7 nitrogen and oxygen atoms in total. The summed E-state index contributed by atoms with van der Waals surface area (Å²) in [4.78, 5) is 34.1. The number of carbonyl (C=O) groups is 2. The van der Waals surface area contributed by atoms with E-state index in [1.54, 1.807) is 6.07 Å². The zero-order valence-corrected chi connectivity index (χ0v) is 16.6. The summed E-state index contributed by atoms with van der Waals surface area (Å²) < 4.78 is 0. The number of halogens is 3. The predicted molar refractivity (Wildman–Crippen MR) is 108 cm³/mol. The molecule has 2 aromatic carbocycles. The van der Waals surface area contributed by atoms with Crippen LogP contribution in [0, 0.1) is 10.1 Å². The maximum atomic E-state index is 11.9. The summed E-state index contributed by atoms with van der Waals surface area (Å²) in [6.07, 6.45) is 0. The third kappa shape index (κ3) is 6.28. The molecule has 0 heterocycles. The maximum Gasteiger partial charge on any atom is 0.292 e. The van der Waals surface area contributed by atoms with Gasteiger partial charge in [0.2, 0.25) is 5.91 Å². The summed E-state index contributed by atoms with van der Waals surface area (Å²) in [5.41, 5.74) is 0.335. The molecule has 2 N–H and O–H groups in total. The fourth-order valence-electron chi connectivity index (χ4n) is 2.01. The van der Waals surface area contributed by atoms with Gasteiger partial charge in [0.15, 0.2) is 0 Å². The number of benzene rings is 2. The van der Waals surface area contributed by atoms with Gasteiger partial charge in [0.1, 0.15) is 5.69 Å². The predicted octanol–water partition coefficient (Wildman–Crippen LogP) is 5.14. The number of para-hydroxylation sites is 2. The molecule has 0 saturated heterocycles. The van der Waals surface area contributed by atoms with Gasteiger partial charge < -0.3 is 10.6 Å². The monoisotopic (exact) mass is 447 g/mol. The van der Waals surface area contributed by atoms with Gasteiger partial charge in [-0.15, -0.1) is 0 Å². The summed E-state index contributed by atoms with van der Waals surface area (Å²) in [6.45, 7) is 0.0619. The highest BCUT2D eigenvalue weighted by atomic mass is 35.5. The lowest BCUT2D eigenvalue weighted by atomic mass is 10.2. The molecule has 0 aliphatic carbocycles. The Kier molecular flexibility index (Phi) is 7.73. The number of carbonyl (C=O) groups excluding carboxylic acids is 2. The Hall–Kier alpha value is -2.00. The lowest BCUT2D eigenvalue weighted by Gasteiger charge is -2.09. The van der Waals surface area contributed by atoms with E-state index in [0.717, 1.165) is 0 Å². The van der Waals surface area contributed by atoms with Crippen molar-refractivity contribution in [3.63, 3.8) is 0 Å². The second-order valence-electron chi connectivity index (χ2n) is 5.10. The van der Waals surface area contributed by atoms with E-state index in [-0.39, 0.29) is 23.7 Å². The van der Waals surface area contributed by atoms with Crippen LogP contribution in [0.2, 0.25) is 15.1 Å². The molecule has 0 radical (unpaired) electrons. The van der Waals surface area contributed by atoms with Crippen LogP contribution in [0.3, 0.4) is 0 Å². The normalized spacial score (nSPS) is 10.3. The molecular formula is C16H12Cl3N3O4S. The molecule has 2 rings (SSSR count). The van der Waals surface area contributed by atoms with Crippen molar-refractivity contribution in [3.05, 3.63) is 67.1 Å². The summed E-state index contributed by atoms with van der Waals surface area (Å²) >= 11 is 18.6. The molecule has 0 saturated carbocycles. The Morgan fingerprint density at radius 1 is 1.11 bits per heavy atom. The average molecular weight is 449 g/mol. The molecule has 0 aliphatic rings. The molecule has 11 heteroatoms. The first-order valence-electron chi connectivity index (χ1n) is 7.35. The summed E-state index contributed by atoms with van der Waals surface area (Å²) in [6, 6.07) is 8.74. The van der Waals surface area contributed by atoms with E-state index in [1.165, 1.54) is 30.3 Å². The van der Waals surface area contributed by atoms with Crippen molar-refractivity contribution in [1.82, 2.24) is 5.32 Å². The van der Waals surface area contributed by atoms with Gasteiger partial charge in [-0.3, -0.25) is 19.7 Å². The Morgan fingerprint density at radius 2 is 1.74 bits per heavy atom. The quantitative estimate of drug-likeness (QED) is 0.471. The first kappa shape index (κ1) is 21.3. The van der Waals surface area contributed by atoms with Gasteiger partial charge in [-0.2, -0.15) is 0 Å². The van der Waals surface area contributed by atoms with Crippen molar-refractivity contribution in [1.29, 1.82) is 0 Å². The van der Waals surface area contributed by atoms with Crippen LogP contribution < -0.4 is 10.6 Å². The number of nitrogens with one attached hydrogen (secondary N) is 2. The Labute approximate surface area is 173 Å². The van der Waals surface area contributed by atoms with Crippen LogP contribution >= 0.6 is 46.6 Å². The van der Waals surface area contributed by atoms with Crippen molar-refractivity contribution in [2.24, 2.45) is 0 Å². The Balaban J connectivity index is 1.86. The number of hydrogen-bond acceptors (Lipinski definition) is 5. The lowest BCUT2D eigenvalue weighted by molar-refractivity contribution is -0.383. The number of nitro benzene ring substituents is 1. The average Bonchev–Trinajstić information content (AvgIpc) is 2.59. The van der Waals surface area contributed by atoms with Gasteiger partial charge in [0.25, 0.3) is 10.9 Å². The molecule has 0 aliphatic heterocycles. The van der Waals surface area contributed by atoms with E-state index in [9.17, 15) is 19.7 Å². The number of hydrogen-bond donors (Lipinski definition) is 2. The lowest BCUT2D eigenvalue weighted by Crippen LogP contribution is -2.22. The second-order valence-corrected chi connectivity index (χ2v) is 7.30. The van der Waals surface area contributed by atoms with Crippen LogP contribution in [-0.2, 0) is 11.3 Å². The van der Waals surface area contributed by atoms with Crippen molar-refractivity contribution in [2.75, 3.05) is 11.1 Å². The largest absolute Gasteiger partial charge is 0.343 e. The molecule has 0 spiro atoms. The Bertz CT molecular complexity index is 872. The molecule has 2 amide bonds. The van der Waals surface area contributed by atoms with Crippen molar-refractivity contribution in [3.8, 4) is 0 Å². The molecule has 0 aromatic heterocycles. The number of rotatable bonds is 6. The molecule has 27 heavy (non-hydrogen) atoms. The first-order valence-corrected chi connectivity index (χ1v) is 9.47. The van der Waals surface area contributed by atoms with Gasteiger partial charge >= 0.3 is 0 Å². The zero-order valence-electron chi connectivity index (χ0n) is 13.5. The third-order valence-corrected chi connectivity index (χ3v) is 4.93. The number of nitro groups is 1. The van der Waals surface area contributed by atoms with Crippen molar-refractivity contribution >= 4 is 69.1 Å². The highest BCUT2D eigenvalue weighted by molar-refractivity contribution is 8.14. The van der Waals surface area contributed by atoms with Gasteiger partial charge in [-0.05, 0) is 18.2 Å². The van der Waals surface area contributed by atoms with Gasteiger partial charge in [-0.1, -0.05) is 58.7 Å². The van der Waals surface area contributed by atoms with Crippen LogP contribution in [0.15, 0.2) is 36.4 Å². The van der Waals surface area contributed by atoms with Gasteiger partial charge in [-0.25, -0.2) is 0 Å². The SMILES string of the molecule is O=C(CSC(=O)NCc1c(Cl)cc(Cl)cc1Cl)Nc1ccccc1[N+](=O)[O-]. The van der Waals surface area contributed by atoms with E-state index in [4.69, 9.17) is 34.8 Å². The number of amides is 2. The maximum absolute atomic E-state index is 11.9. The molecule has 142 valence electrons. The molecular weight excluding hydrogens is 437 g/mol. The van der Waals surface area contributed by atoms with Gasteiger partial charge in [0.05, 0.1) is 10.7 Å². The van der Waals surface area contributed by atoms with Crippen LogP contribution in [-0.4, -0.2) is 21.8 Å². The van der Waals surface area contributed by atoms with Crippen LogP contribution in [0.4, 0.5) is 16.2 Å². The van der Waals surface area contributed by atoms with Crippen LogP contribution in [0.1, 0.15) is 5.56 Å². The summed E-state index contributed by atoms with van der Waals surface area (Å²) in [5, 5.41) is 16.4. The van der Waals surface area contributed by atoms with Crippen LogP contribution in [0.25, 0.3) is 0 Å². The summed E-state index contributed by atoms with van der Waals surface area (Å²) in [7, 11) is 0. The second kappa shape index (κ2) is 9.80. The minimum atomic E-state index is -0.602. The highest BCUT2D eigenvalue weighted by Gasteiger charge is 2.16. The first-order chi connectivity index (χ1) is 12.8. The summed E-state index contributed by atoms with van der Waals surface area (Å²) in [5.74, 6) is -0.771.